The van der Waals surface area contributed by atoms with Gasteiger partial charge in [0.15, 0.2) is 0 Å². The molecular formula is C19H19F3N2O4S. The fourth-order valence-electron chi connectivity index (χ4n) is 3.00. The lowest BCUT2D eigenvalue weighted by atomic mass is 9.91. The van der Waals surface area contributed by atoms with Crippen LogP contribution in [0.4, 0.5) is 18.0 Å². The first-order valence-electron chi connectivity index (χ1n) is 8.71. The van der Waals surface area contributed by atoms with Crippen LogP contribution in [0.25, 0.3) is 0 Å². The molecule has 0 bridgehead atoms. The van der Waals surface area contributed by atoms with Crippen LogP contribution in [0, 0.1) is 0 Å². The van der Waals surface area contributed by atoms with Crippen molar-refractivity contribution in [1.29, 1.82) is 0 Å². The third-order valence-corrected chi connectivity index (χ3v) is 5.44. The second kappa shape index (κ2) is 8.13. The number of hydrogen-bond acceptors (Lipinski definition) is 5. The number of amides is 3. The minimum Gasteiger partial charge on any atom is -0.389 e. The average Bonchev–Trinajstić information content (AvgIpc) is 3.24. The SMILES string of the molecule is C[C@]1(c2ccc(C(F)(F)F)cc2)NC(=O)N(C[C@@H](O)COCc2cccs2)C1=O. The number of urea groups is 1. The Labute approximate surface area is 168 Å². The standard InChI is InChI=1S/C19H19F3N2O4S/c1-18(12-4-6-13(7-5-12)19(20,21)22)16(26)24(17(27)23-18)9-14(25)10-28-11-15-3-2-8-29-15/h2-8,14,25H,9-11H2,1H3,(H,23,27)/t14-,18-/m1/s1. The highest BCUT2D eigenvalue weighted by Gasteiger charge is 2.49. The lowest BCUT2D eigenvalue weighted by Crippen LogP contribution is -2.42. The summed E-state index contributed by atoms with van der Waals surface area (Å²) in [6.45, 7) is 1.35. The molecule has 2 aromatic rings. The number of hydrogen-bond donors (Lipinski definition) is 2. The third-order valence-electron chi connectivity index (χ3n) is 4.59. The number of rotatable bonds is 7. The Morgan fingerprint density at radius 2 is 1.93 bits per heavy atom. The zero-order valence-corrected chi connectivity index (χ0v) is 16.2. The molecule has 1 aliphatic heterocycles. The minimum atomic E-state index is -4.50. The van der Waals surface area contributed by atoms with E-state index in [0.29, 0.717) is 6.61 Å². The maximum absolute atomic E-state index is 12.8. The lowest BCUT2D eigenvalue weighted by molar-refractivity contribution is -0.137. The maximum Gasteiger partial charge on any atom is 0.416 e. The van der Waals surface area contributed by atoms with Gasteiger partial charge >= 0.3 is 12.2 Å². The van der Waals surface area contributed by atoms with E-state index in [9.17, 15) is 27.9 Å². The van der Waals surface area contributed by atoms with Crippen LogP contribution in [-0.2, 0) is 27.9 Å². The summed E-state index contributed by atoms with van der Waals surface area (Å²) in [7, 11) is 0. The number of alkyl halides is 3. The van der Waals surface area contributed by atoms with Crippen molar-refractivity contribution in [3.05, 3.63) is 57.8 Å². The van der Waals surface area contributed by atoms with Crippen LogP contribution in [0.1, 0.15) is 22.9 Å². The molecule has 2 atom stereocenters. The summed E-state index contributed by atoms with van der Waals surface area (Å²) < 4.78 is 43.6. The Morgan fingerprint density at radius 3 is 2.52 bits per heavy atom. The predicted molar refractivity (Wildman–Crippen MR) is 99.0 cm³/mol. The number of benzene rings is 1. The molecule has 2 heterocycles. The Bertz CT molecular complexity index is 871. The van der Waals surface area contributed by atoms with Gasteiger partial charge in [0.05, 0.1) is 31.4 Å². The zero-order valence-electron chi connectivity index (χ0n) is 15.4. The highest BCUT2D eigenvalue weighted by Crippen LogP contribution is 2.33. The first-order valence-corrected chi connectivity index (χ1v) is 9.59. The molecule has 1 aromatic carbocycles. The average molecular weight is 428 g/mol. The second-order valence-corrected chi connectivity index (χ2v) is 7.83. The summed E-state index contributed by atoms with van der Waals surface area (Å²) in [5, 5.41) is 14.5. The Kier molecular flexibility index (Phi) is 5.97. The maximum atomic E-state index is 12.8. The summed E-state index contributed by atoms with van der Waals surface area (Å²) in [6.07, 6.45) is -5.60. The van der Waals surface area contributed by atoms with E-state index in [1.165, 1.54) is 18.3 Å². The smallest absolute Gasteiger partial charge is 0.389 e. The van der Waals surface area contributed by atoms with Crippen LogP contribution >= 0.6 is 11.3 Å². The number of aliphatic hydroxyl groups excluding tert-OH is 1. The summed E-state index contributed by atoms with van der Waals surface area (Å²) in [5.74, 6) is -0.653. The molecule has 1 aliphatic rings. The van der Waals surface area contributed by atoms with Crippen molar-refractivity contribution >= 4 is 23.3 Å². The van der Waals surface area contributed by atoms with E-state index >= 15 is 0 Å². The van der Waals surface area contributed by atoms with Gasteiger partial charge in [0, 0.05) is 4.88 Å². The number of nitrogens with one attached hydrogen (secondary N) is 1. The first kappa shape index (κ1) is 21.3. The van der Waals surface area contributed by atoms with E-state index in [1.807, 2.05) is 17.5 Å². The van der Waals surface area contributed by atoms with Crippen LogP contribution in [0.3, 0.4) is 0 Å². The molecule has 1 aromatic heterocycles. The third kappa shape index (κ3) is 4.60. The molecule has 0 spiro atoms. The van der Waals surface area contributed by atoms with Gasteiger partial charge in [-0.1, -0.05) is 18.2 Å². The van der Waals surface area contributed by atoms with Gasteiger partial charge in [0.1, 0.15) is 5.54 Å². The molecule has 2 N–H and O–H groups in total. The summed E-state index contributed by atoms with van der Waals surface area (Å²) >= 11 is 1.50. The number of β-amino-alcohol motifs (C(OH)–C–C–N with tert-alkyl or cyclic N) is 1. The normalized spacial score (nSPS) is 20.8. The molecule has 156 valence electrons. The first-order chi connectivity index (χ1) is 13.6. The van der Waals surface area contributed by atoms with Crippen LogP contribution in [0.15, 0.2) is 41.8 Å². The number of ether oxygens (including phenoxy) is 1. The minimum absolute atomic E-state index is 0.0774. The summed E-state index contributed by atoms with van der Waals surface area (Å²) in [5.41, 5.74) is -2.15. The van der Waals surface area contributed by atoms with Crippen molar-refractivity contribution < 1.29 is 32.6 Å². The fourth-order valence-corrected chi connectivity index (χ4v) is 3.65. The molecule has 0 unspecified atom stereocenters. The van der Waals surface area contributed by atoms with Crippen LogP contribution in [-0.4, -0.2) is 41.2 Å². The number of carbonyl (C=O) groups is 2. The van der Waals surface area contributed by atoms with Crippen molar-refractivity contribution in [2.24, 2.45) is 0 Å². The van der Waals surface area contributed by atoms with Gasteiger partial charge < -0.3 is 15.2 Å². The Balaban J connectivity index is 1.63. The van der Waals surface area contributed by atoms with Crippen molar-refractivity contribution in [2.45, 2.75) is 31.3 Å². The van der Waals surface area contributed by atoms with E-state index in [0.717, 1.165) is 34.0 Å². The summed E-state index contributed by atoms with van der Waals surface area (Å²) in [6, 6.07) is 7.05. The fraction of sp³-hybridized carbons (Fsp3) is 0.368. The molecule has 0 saturated carbocycles. The molecule has 0 radical (unpaired) electrons. The van der Waals surface area contributed by atoms with Gasteiger partial charge in [-0.2, -0.15) is 13.2 Å². The van der Waals surface area contributed by atoms with Crippen molar-refractivity contribution in [1.82, 2.24) is 10.2 Å². The zero-order chi connectivity index (χ0) is 21.2. The van der Waals surface area contributed by atoms with Crippen LogP contribution in [0.2, 0.25) is 0 Å². The van der Waals surface area contributed by atoms with Crippen molar-refractivity contribution in [3.8, 4) is 0 Å². The van der Waals surface area contributed by atoms with Gasteiger partial charge in [0.2, 0.25) is 0 Å². The molecule has 10 heteroatoms. The molecule has 3 rings (SSSR count). The van der Waals surface area contributed by atoms with Gasteiger partial charge in [-0.25, -0.2) is 4.79 Å². The van der Waals surface area contributed by atoms with Gasteiger partial charge in [0.25, 0.3) is 5.91 Å². The number of carbonyl (C=O) groups excluding carboxylic acids is 2. The van der Waals surface area contributed by atoms with Crippen molar-refractivity contribution in [3.63, 3.8) is 0 Å². The van der Waals surface area contributed by atoms with Gasteiger partial charge in [-0.3, -0.25) is 9.69 Å². The molecular weight excluding hydrogens is 409 g/mol. The molecule has 0 aliphatic carbocycles. The van der Waals surface area contributed by atoms with E-state index < -0.39 is 35.3 Å². The molecule has 6 nitrogen and oxygen atoms in total. The topological polar surface area (TPSA) is 78.9 Å². The molecule has 29 heavy (non-hydrogen) atoms. The lowest BCUT2D eigenvalue weighted by Gasteiger charge is -2.23. The van der Waals surface area contributed by atoms with Crippen LogP contribution in [0.5, 0.6) is 0 Å². The highest BCUT2D eigenvalue weighted by molar-refractivity contribution is 7.09. The Morgan fingerprint density at radius 1 is 1.24 bits per heavy atom. The number of halogens is 3. The van der Waals surface area contributed by atoms with E-state index in [-0.39, 0.29) is 18.7 Å². The van der Waals surface area contributed by atoms with E-state index in [1.54, 1.807) is 0 Å². The molecule has 1 saturated heterocycles. The highest BCUT2D eigenvalue weighted by atomic mass is 32.1. The number of aliphatic hydroxyl groups is 1. The Hall–Kier alpha value is -2.43. The van der Waals surface area contributed by atoms with E-state index in [2.05, 4.69) is 5.32 Å². The predicted octanol–water partition coefficient (Wildman–Crippen LogP) is 3.11. The van der Waals surface area contributed by atoms with Gasteiger partial charge in [-0.05, 0) is 36.1 Å². The van der Waals surface area contributed by atoms with Gasteiger partial charge in [-0.15, -0.1) is 11.3 Å². The monoisotopic (exact) mass is 428 g/mol. The molecule has 1 fully saturated rings. The van der Waals surface area contributed by atoms with Crippen LogP contribution < -0.4 is 5.32 Å². The number of imide groups is 1. The largest absolute Gasteiger partial charge is 0.416 e. The van der Waals surface area contributed by atoms with E-state index in [4.69, 9.17) is 4.74 Å². The molecule has 3 amide bonds. The quantitative estimate of drug-likeness (QED) is 0.665. The van der Waals surface area contributed by atoms with Crippen molar-refractivity contribution in [2.75, 3.05) is 13.2 Å². The number of thiophene rings is 1. The second-order valence-electron chi connectivity index (χ2n) is 6.79. The number of nitrogens with zero attached hydrogens (tertiary/aromatic N) is 1. The summed E-state index contributed by atoms with van der Waals surface area (Å²) in [4.78, 5) is 26.9.